The highest BCUT2D eigenvalue weighted by Gasteiger charge is 2.52. The molecule has 0 spiro atoms. The Labute approximate surface area is 282 Å². The number of fused-ring (bicyclic) bond motifs is 4. The maximum absolute atomic E-state index is 13.9. The van der Waals surface area contributed by atoms with Gasteiger partial charge in [0.05, 0.1) is 35.9 Å². The molecule has 3 heterocycles. The van der Waals surface area contributed by atoms with Gasteiger partial charge in [0.2, 0.25) is 0 Å². The molecule has 3 fully saturated rings. The summed E-state index contributed by atoms with van der Waals surface area (Å²) in [6.07, 6.45) is -2.90. The number of hydrogen-bond donors (Lipinski definition) is 1. The number of benzene rings is 2. The minimum absolute atomic E-state index is 0.0825. The van der Waals surface area contributed by atoms with Crippen molar-refractivity contribution in [2.24, 2.45) is 29.6 Å². The largest absolute Gasteiger partial charge is 0.462 e. The Balaban J connectivity index is 1.58. The maximum Gasteiger partial charge on any atom is 0.311 e. The topological polar surface area (TPSA) is 83.5 Å². The van der Waals surface area contributed by atoms with Gasteiger partial charge in [0.15, 0.2) is 12.6 Å². The van der Waals surface area contributed by atoms with E-state index in [1.807, 2.05) is 20.8 Å². The van der Waals surface area contributed by atoms with Crippen molar-refractivity contribution < 1.29 is 33.6 Å². The van der Waals surface area contributed by atoms with Gasteiger partial charge in [-0.1, -0.05) is 63.1 Å². The molecule has 2 aromatic rings. The average Bonchev–Trinajstić information content (AvgIpc) is 2.95. The molecule has 0 saturated carbocycles. The highest BCUT2D eigenvalue weighted by Crippen LogP contribution is 2.47. The van der Waals surface area contributed by atoms with Crippen molar-refractivity contribution in [2.75, 3.05) is 0 Å². The van der Waals surface area contributed by atoms with E-state index in [2.05, 4.69) is 93.5 Å². The lowest BCUT2D eigenvalue weighted by molar-refractivity contribution is -0.322. The normalized spacial score (nSPS) is 40.0. The monoisotopic (exact) mass is 650 g/mol. The molecule has 7 nitrogen and oxygen atoms in total. The van der Waals surface area contributed by atoms with Gasteiger partial charge in [-0.25, -0.2) is 0 Å². The number of cyclic esters (lactones) is 1. The molecule has 3 aliphatic heterocycles. The molecule has 0 aromatic heterocycles. The lowest BCUT2D eigenvalue weighted by Crippen LogP contribution is -2.58. The van der Waals surface area contributed by atoms with Gasteiger partial charge in [-0.3, -0.25) is 4.79 Å². The summed E-state index contributed by atoms with van der Waals surface area (Å²) in [6.45, 7) is 26.6. The molecule has 7 heteroatoms. The van der Waals surface area contributed by atoms with Crippen molar-refractivity contribution >= 4 is 5.97 Å². The lowest BCUT2D eigenvalue weighted by atomic mass is 9.73. The average molecular weight is 651 g/mol. The van der Waals surface area contributed by atoms with Gasteiger partial charge >= 0.3 is 5.97 Å². The Morgan fingerprint density at radius 3 is 1.60 bits per heavy atom. The number of carbonyl (C=O) groups excluding carboxylic acids is 1. The third kappa shape index (κ3) is 6.94. The smallest absolute Gasteiger partial charge is 0.311 e. The highest BCUT2D eigenvalue weighted by atomic mass is 16.7. The van der Waals surface area contributed by atoms with Crippen LogP contribution in [0.2, 0.25) is 0 Å². The molecule has 0 amide bonds. The molecule has 1 N–H and O–H groups in total. The molecule has 3 aliphatic rings. The van der Waals surface area contributed by atoms with Crippen LogP contribution >= 0.6 is 0 Å². The fourth-order valence-corrected chi connectivity index (χ4v) is 9.10. The Morgan fingerprint density at radius 2 is 1.09 bits per heavy atom. The van der Waals surface area contributed by atoms with Crippen molar-refractivity contribution in [1.29, 1.82) is 0 Å². The summed E-state index contributed by atoms with van der Waals surface area (Å²) >= 11 is 0. The van der Waals surface area contributed by atoms with E-state index in [-0.39, 0.29) is 41.8 Å². The van der Waals surface area contributed by atoms with Gasteiger partial charge in [-0.05, 0) is 96.9 Å². The Kier molecular flexibility index (Phi) is 10.4. The van der Waals surface area contributed by atoms with Crippen LogP contribution in [0.25, 0.3) is 0 Å². The molecule has 0 aliphatic carbocycles. The predicted molar refractivity (Wildman–Crippen MR) is 183 cm³/mol. The van der Waals surface area contributed by atoms with E-state index >= 15 is 0 Å². The first-order chi connectivity index (χ1) is 21.9. The van der Waals surface area contributed by atoms with E-state index in [1.165, 1.54) is 11.1 Å². The molecule has 5 rings (SSSR count). The molecule has 13 atom stereocenters. The van der Waals surface area contributed by atoms with Gasteiger partial charge < -0.3 is 28.8 Å². The number of hydrogen-bond acceptors (Lipinski definition) is 7. The molecular weight excluding hydrogens is 592 g/mol. The third-order valence-electron chi connectivity index (χ3n) is 11.4. The number of esters is 1. The van der Waals surface area contributed by atoms with E-state index in [1.54, 1.807) is 0 Å². The first kappa shape index (κ1) is 36.0. The SMILES string of the molecule is Cc1cc(C)c(C2O[C@@H]3[C@@H](C)[C@H](O2)[C@@H](C)C(=O)O[C@H](C)[C@H](C)[C@@H]2OC(c4c(C)cc(C)cc4C)O[C@H]([C@@H]2C)[C@@](C)(O)C[C@@H]3C)c(C)c1. The first-order valence-electron chi connectivity index (χ1n) is 17.6. The molecule has 47 heavy (non-hydrogen) atoms. The quantitative estimate of drug-likeness (QED) is 0.329. The number of ether oxygens (including phenoxy) is 5. The number of carbonyl (C=O) groups is 1. The van der Waals surface area contributed by atoms with E-state index in [0.717, 1.165) is 33.4 Å². The zero-order chi connectivity index (χ0) is 34.7. The van der Waals surface area contributed by atoms with Crippen molar-refractivity contribution in [3.63, 3.8) is 0 Å². The summed E-state index contributed by atoms with van der Waals surface area (Å²) in [5, 5.41) is 12.5. The maximum atomic E-state index is 13.9. The van der Waals surface area contributed by atoms with Crippen LogP contribution in [0.3, 0.4) is 0 Å². The zero-order valence-corrected chi connectivity index (χ0v) is 30.8. The van der Waals surface area contributed by atoms with Gasteiger partial charge in [0.1, 0.15) is 6.10 Å². The van der Waals surface area contributed by atoms with E-state index in [4.69, 9.17) is 23.7 Å². The Bertz CT molecular complexity index is 1420. The second-order valence-corrected chi connectivity index (χ2v) is 15.7. The predicted octanol–water partition coefficient (Wildman–Crippen LogP) is 8.07. The molecule has 4 bridgehead atoms. The van der Waals surface area contributed by atoms with Crippen molar-refractivity contribution in [3.05, 3.63) is 68.8 Å². The van der Waals surface area contributed by atoms with Gasteiger partial charge in [0.25, 0.3) is 0 Å². The fourth-order valence-electron chi connectivity index (χ4n) is 9.10. The van der Waals surface area contributed by atoms with Gasteiger partial charge in [0, 0.05) is 28.9 Å². The second kappa shape index (κ2) is 13.5. The lowest BCUT2D eigenvalue weighted by Gasteiger charge is -2.51. The number of aryl methyl sites for hydroxylation is 6. The molecule has 3 saturated heterocycles. The van der Waals surface area contributed by atoms with Crippen LogP contribution in [0.4, 0.5) is 0 Å². The van der Waals surface area contributed by atoms with Crippen LogP contribution < -0.4 is 0 Å². The van der Waals surface area contributed by atoms with E-state index in [9.17, 15) is 9.90 Å². The molecule has 2 aromatic carbocycles. The minimum atomic E-state index is -1.21. The minimum Gasteiger partial charge on any atom is -0.462 e. The zero-order valence-electron chi connectivity index (χ0n) is 30.8. The summed E-state index contributed by atoms with van der Waals surface area (Å²) < 4.78 is 33.4. The van der Waals surface area contributed by atoms with Crippen molar-refractivity contribution in [2.45, 2.75) is 145 Å². The van der Waals surface area contributed by atoms with E-state index in [0.29, 0.717) is 6.42 Å². The van der Waals surface area contributed by atoms with Crippen LogP contribution in [0.15, 0.2) is 24.3 Å². The molecular formula is C40H58O7. The third-order valence-corrected chi connectivity index (χ3v) is 11.4. The summed E-state index contributed by atoms with van der Waals surface area (Å²) in [6, 6.07) is 8.58. The van der Waals surface area contributed by atoms with Crippen LogP contribution in [0.1, 0.15) is 112 Å². The summed E-state index contributed by atoms with van der Waals surface area (Å²) in [4.78, 5) is 13.9. The van der Waals surface area contributed by atoms with Gasteiger partial charge in [-0.2, -0.15) is 0 Å². The molecule has 260 valence electrons. The Morgan fingerprint density at radius 1 is 0.638 bits per heavy atom. The highest BCUT2D eigenvalue weighted by molar-refractivity contribution is 5.73. The standard InChI is InChI=1S/C40H58O7/c1-19-14-21(3)31(22(4)15-19)38-44-33-25(7)18-40(13,42)36-28(10)34(45-39(47-36)32-23(5)16-20(2)17-24(32)6)26(8)30(12)43-37(41)29(11)35(46-38)27(33)9/h14-17,25-30,33-36,38-39,42H,18H2,1-13H3/t25-,26-,27+,28+,29+,30+,33-,34-,35-,36+,38?,39?,40-/m0/s1. The first-order valence-corrected chi connectivity index (χ1v) is 17.6. The van der Waals surface area contributed by atoms with Gasteiger partial charge in [-0.15, -0.1) is 0 Å². The Hall–Kier alpha value is -2.29. The van der Waals surface area contributed by atoms with Crippen LogP contribution in [-0.2, 0) is 28.5 Å². The van der Waals surface area contributed by atoms with Crippen LogP contribution in [-0.4, -0.2) is 47.2 Å². The summed E-state index contributed by atoms with van der Waals surface area (Å²) in [7, 11) is 0. The number of aliphatic hydroxyl groups is 1. The summed E-state index contributed by atoms with van der Waals surface area (Å²) in [5.41, 5.74) is 7.50. The van der Waals surface area contributed by atoms with Crippen molar-refractivity contribution in [1.82, 2.24) is 0 Å². The molecule has 0 radical (unpaired) electrons. The number of rotatable bonds is 2. The van der Waals surface area contributed by atoms with Crippen LogP contribution in [0, 0.1) is 71.1 Å². The van der Waals surface area contributed by atoms with E-state index < -0.39 is 42.4 Å². The fraction of sp³-hybridized carbons (Fsp3) is 0.675. The van der Waals surface area contributed by atoms with Crippen LogP contribution in [0.5, 0.6) is 0 Å². The molecule has 2 unspecified atom stereocenters. The second-order valence-electron chi connectivity index (χ2n) is 15.7. The summed E-state index contributed by atoms with van der Waals surface area (Å²) in [5.74, 6) is -1.37. The van der Waals surface area contributed by atoms with Crippen molar-refractivity contribution in [3.8, 4) is 0 Å².